The minimum atomic E-state index is -0.482. The van der Waals surface area contributed by atoms with Crippen molar-refractivity contribution in [1.29, 1.82) is 0 Å². The van der Waals surface area contributed by atoms with Crippen LogP contribution in [0, 0.1) is 0 Å². The molecule has 0 bridgehead atoms. The van der Waals surface area contributed by atoms with Gasteiger partial charge >= 0.3 is 6.09 Å². The molecule has 164 valence electrons. The van der Waals surface area contributed by atoms with E-state index in [1.165, 1.54) is 4.90 Å². The van der Waals surface area contributed by atoms with Crippen LogP contribution in [-0.4, -0.2) is 64.2 Å². The highest BCUT2D eigenvalue weighted by Crippen LogP contribution is 2.41. The second kappa shape index (κ2) is 8.30. The van der Waals surface area contributed by atoms with Crippen LogP contribution in [0.25, 0.3) is 11.1 Å². The van der Waals surface area contributed by atoms with Crippen molar-refractivity contribution in [3.63, 3.8) is 0 Å². The third kappa shape index (κ3) is 4.28. The first-order chi connectivity index (χ1) is 14.8. The number of nitrogens with zero attached hydrogens (tertiary/aromatic N) is 3. The molecule has 7 nitrogen and oxygen atoms in total. The molecule has 2 amide bonds. The number of aliphatic hydroxyl groups is 1. The summed E-state index contributed by atoms with van der Waals surface area (Å²) < 4.78 is 5.79. The van der Waals surface area contributed by atoms with E-state index >= 15 is 0 Å². The highest BCUT2D eigenvalue weighted by Gasteiger charge is 2.46. The molecular weight excluding hydrogens is 394 g/mol. The average Bonchev–Trinajstić information content (AvgIpc) is 3.12. The number of hydrogen-bond acceptors (Lipinski definition) is 5. The lowest BCUT2D eigenvalue weighted by molar-refractivity contribution is -0.0572. The van der Waals surface area contributed by atoms with Gasteiger partial charge in [0.15, 0.2) is 0 Å². The molecular formula is C24H29N3O4. The fourth-order valence-corrected chi connectivity index (χ4v) is 4.50. The summed E-state index contributed by atoms with van der Waals surface area (Å²) in [6, 6.07) is 11.5. The normalized spacial score (nSPS) is 24.2. The molecule has 2 heterocycles. The van der Waals surface area contributed by atoms with Gasteiger partial charge in [0, 0.05) is 45.2 Å². The SMILES string of the molecule is C[C@@H](c1ccc(-c2ccc(C(=O)N(C)C)nc2)cc1)N1CC[C@]2(CC[C@@H](O)C2)OC1=O. The molecule has 1 aromatic carbocycles. The number of pyridine rings is 1. The summed E-state index contributed by atoms with van der Waals surface area (Å²) >= 11 is 0. The van der Waals surface area contributed by atoms with Crippen molar-refractivity contribution in [2.24, 2.45) is 0 Å². The monoisotopic (exact) mass is 423 g/mol. The number of rotatable bonds is 4. The van der Waals surface area contributed by atoms with Gasteiger partial charge in [-0.3, -0.25) is 9.78 Å². The van der Waals surface area contributed by atoms with E-state index in [0.29, 0.717) is 25.1 Å². The Morgan fingerprint density at radius 1 is 1.19 bits per heavy atom. The molecule has 1 N–H and O–H groups in total. The summed E-state index contributed by atoms with van der Waals surface area (Å²) in [6.45, 7) is 2.63. The zero-order valence-electron chi connectivity index (χ0n) is 18.2. The minimum Gasteiger partial charge on any atom is -0.443 e. The fraction of sp³-hybridized carbons (Fsp3) is 0.458. The fourth-order valence-electron chi connectivity index (χ4n) is 4.50. The van der Waals surface area contributed by atoms with E-state index in [9.17, 15) is 14.7 Å². The first-order valence-electron chi connectivity index (χ1n) is 10.7. The third-order valence-corrected chi connectivity index (χ3v) is 6.47. The Bertz CT molecular complexity index is 958. The quantitative estimate of drug-likeness (QED) is 0.812. The van der Waals surface area contributed by atoms with Crippen molar-refractivity contribution >= 4 is 12.0 Å². The van der Waals surface area contributed by atoms with Gasteiger partial charge in [0.25, 0.3) is 5.91 Å². The Hall–Kier alpha value is -2.93. The van der Waals surface area contributed by atoms with Crippen molar-refractivity contribution in [3.8, 4) is 11.1 Å². The molecule has 2 aliphatic rings. The van der Waals surface area contributed by atoms with Gasteiger partial charge in [0.2, 0.25) is 0 Å². The number of carbonyl (C=O) groups is 2. The van der Waals surface area contributed by atoms with Crippen molar-refractivity contribution < 1.29 is 19.4 Å². The van der Waals surface area contributed by atoms with E-state index in [2.05, 4.69) is 4.98 Å². The molecule has 2 aromatic rings. The van der Waals surface area contributed by atoms with E-state index in [-0.39, 0.29) is 24.1 Å². The number of aromatic nitrogens is 1. The van der Waals surface area contributed by atoms with Crippen molar-refractivity contribution in [3.05, 3.63) is 53.9 Å². The lowest BCUT2D eigenvalue weighted by Gasteiger charge is -2.41. The summed E-state index contributed by atoms with van der Waals surface area (Å²) in [5.74, 6) is -0.127. The van der Waals surface area contributed by atoms with E-state index in [0.717, 1.165) is 29.5 Å². The number of benzene rings is 1. The standard InChI is InChI=1S/C24H29N3O4/c1-16(27-13-12-24(31-23(27)30)11-10-20(28)14-24)17-4-6-18(7-5-17)19-8-9-21(25-15-19)22(29)26(2)3/h4-9,15-16,20,28H,10-14H2,1-3H3/t16-,20+,24-/m0/s1. The molecule has 1 saturated heterocycles. The van der Waals surface area contributed by atoms with E-state index < -0.39 is 5.60 Å². The molecule has 3 atom stereocenters. The number of hydrogen-bond donors (Lipinski definition) is 1. The Kier molecular flexibility index (Phi) is 5.71. The van der Waals surface area contributed by atoms with E-state index in [4.69, 9.17) is 4.74 Å². The van der Waals surface area contributed by atoms with Crippen LogP contribution in [0.15, 0.2) is 42.6 Å². The summed E-state index contributed by atoms with van der Waals surface area (Å²) in [6.07, 6.45) is 3.76. The van der Waals surface area contributed by atoms with Gasteiger partial charge in [-0.25, -0.2) is 4.79 Å². The summed E-state index contributed by atoms with van der Waals surface area (Å²) in [5.41, 5.74) is 2.87. The summed E-state index contributed by atoms with van der Waals surface area (Å²) in [4.78, 5) is 32.2. The second-order valence-electron chi connectivity index (χ2n) is 8.82. The van der Waals surface area contributed by atoms with Crippen molar-refractivity contribution in [2.75, 3.05) is 20.6 Å². The molecule has 4 rings (SSSR count). The summed E-state index contributed by atoms with van der Waals surface area (Å²) in [5, 5.41) is 9.84. The van der Waals surface area contributed by atoms with E-state index in [1.54, 1.807) is 31.3 Å². The van der Waals surface area contributed by atoms with Crippen molar-refractivity contribution in [1.82, 2.24) is 14.8 Å². The predicted octanol–water partition coefficient (Wildman–Crippen LogP) is 3.64. The first-order valence-corrected chi connectivity index (χ1v) is 10.7. The van der Waals surface area contributed by atoms with Gasteiger partial charge in [-0.1, -0.05) is 30.3 Å². The maximum absolute atomic E-state index is 12.7. The predicted molar refractivity (Wildman–Crippen MR) is 116 cm³/mol. The van der Waals surface area contributed by atoms with E-state index in [1.807, 2.05) is 37.3 Å². The van der Waals surface area contributed by atoms with Crippen LogP contribution in [0.1, 0.15) is 54.7 Å². The lowest BCUT2D eigenvalue weighted by Crippen LogP contribution is -2.49. The van der Waals surface area contributed by atoms with Crippen molar-refractivity contribution in [2.45, 2.75) is 50.4 Å². The first kappa shape index (κ1) is 21.3. The number of aliphatic hydroxyl groups excluding tert-OH is 1. The average molecular weight is 424 g/mol. The Balaban J connectivity index is 1.43. The maximum Gasteiger partial charge on any atom is 0.410 e. The Labute approximate surface area is 182 Å². The van der Waals surface area contributed by atoms with Gasteiger partial charge in [-0.2, -0.15) is 0 Å². The van der Waals surface area contributed by atoms with Crippen LogP contribution >= 0.6 is 0 Å². The number of carbonyl (C=O) groups excluding carboxylic acids is 2. The van der Waals surface area contributed by atoms with Crippen LogP contribution in [-0.2, 0) is 4.74 Å². The van der Waals surface area contributed by atoms with Gasteiger partial charge in [0.05, 0.1) is 12.1 Å². The van der Waals surface area contributed by atoms with Crippen LogP contribution in [0.5, 0.6) is 0 Å². The second-order valence-corrected chi connectivity index (χ2v) is 8.82. The van der Waals surface area contributed by atoms with Gasteiger partial charge in [0.1, 0.15) is 11.3 Å². The van der Waals surface area contributed by atoms with Gasteiger partial charge in [-0.05, 0) is 37.0 Å². The highest BCUT2D eigenvalue weighted by molar-refractivity contribution is 5.92. The molecule has 31 heavy (non-hydrogen) atoms. The Morgan fingerprint density at radius 2 is 1.90 bits per heavy atom. The smallest absolute Gasteiger partial charge is 0.410 e. The zero-order valence-corrected chi connectivity index (χ0v) is 18.2. The summed E-state index contributed by atoms with van der Waals surface area (Å²) in [7, 11) is 3.40. The molecule has 1 aromatic heterocycles. The minimum absolute atomic E-state index is 0.108. The zero-order chi connectivity index (χ0) is 22.2. The molecule has 0 unspecified atom stereocenters. The molecule has 0 radical (unpaired) electrons. The van der Waals surface area contributed by atoms with Crippen LogP contribution in [0.4, 0.5) is 4.79 Å². The molecule has 7 heteroatoms. The number of ether oxygens (including phenoxy) is 1. The maximum atomic E-state index is 12.7. The van der Waals surface area contributed by atoms with Crippen LogP contribution in [0.3, 0.4) is 0 Å². The van der Waals surface area contributed by atoms with Gasteiger partial charge in [-0.15, -0.1) is 0 Å². The third-order valence-electron chi connectivity index (χ3n) is 6.47. The molecule has 1 spiro atoms. The molecule has 1 aliphatic carbocycles. The Morgan fingerprint density at radius 3 is 2.45 bits per heavy atom. The lowest BCUT2D eigenvalue weighted by atomic mass is 9.94. The highest BCUT2D eigenvalue weighted by atomic mass is 16.6. The van der Waals surface area contributed by atoms with Crippen LogP contribution < -0.4 is 0 Å². The topological polar surface area (TPSA) is 83.0 Å². The van der Waals surface area contributed by atoms with Gasteiger partial charge < -0.3 is 19.6 Å². The largest absolute Gasteiger partial charge is 0.443 e. The molecule has 1 saturated carbocycles. The molecule has 2 fully saturated rings. The molecule has 1 aliphatic heterocycles. The van der Waals surface area contributed by atoms with Crippen LogP contribution in [0.2, 0.25) is 0 Å². The number of amides is 2.